The molecular weight excluding hydrogens is 288 g/mol. The number of fused-ring (bicyclic) bond motifs is 1. The normalized spacial score (nSPS) is 11.2. The van der Waals surface area contributed by atoms with Crippen LogP contribution in [0.1, 0.15) is 11.4 Å². The van der Waals surface area contributed by atoms with Crippen LogP contribution in [0.25, 0.3) is 11.0 Å². The standard InChI is InChI=1S/C15H17ClN4O/c1-11-9-17-19(10-11)5-6-20-14-4-3-12(21-2)7-13(14)18-15(20)8-16/h3-4,7,9-10H,5-6,8H2,1-2H3. The van der Waals surface area contributed by atoms with E-state index < -0.39 is 0 Å². The molecule has 0 saturated carbocycles. The maximum atomic E-state index is 6.03. The highest BCUT2D eigenvalue weighted by Gasteiger charge is 2.11. The van der Waals surface area contributed by atoms with Crippen molar-refractivity contribution in [3.8, 4) is 5.75 Å². The first-order valence-corrected chi connectivity index (χ1v) is 7.33. The third-order valence-electron chi connectivity index (χ3n) is 3.47. The Bertz CT molecular complexity index is 762. The number of aromatic nitrogens is 4. The first-order chi connectivity index (χ1) is 10.2. The van der Waals surface area contributed by atoms with Gasteiger partial charge in [0.05, 0.1) is 36.8 Å². The van der Waals surface area contributed by atoms with E-state index in [9.17, 15) is 0 Å². The predicted molar refractivity (Wildman–Crippen MR) is 82.8 cm³/mol. The number of benzene rings is 1. The van der Waals surface area contributed by atoms with Gasteiger partial charge in [-0.05, 0) is 24.6 Å². The Morgan fingerprint density at radius 1 is 1.29 bits per heavy atom. The summed E-state index contributed by atoms with van der Waals surface area (Å²) < 4.78 is 9.31. The van der Waals surface area contributed by atoms with Gasteiger partial charge in [0.1, 0.15) is 11.6 Å². The number of ether oxygens (including phenoxy) is 1. The van der Waals surface area contributed by atoms with Gasteiger partial charge in [-0.25, -0.2) is 4.98 Å². The molecule has 0 saturated heterocycles. The lowest BCUT2D eigenvalue weighted by atomic mass is 10.3. The highest BCUT2D eigenvalue weighted by Crippen LogP contribution is 2.22. The van der Waals surface area contributed by atoms with Gasteiger partial charge in [-0.15, -0.1) is 11.6 Å². The minimum atomic E-state index is 0.384. The molecule has 21 heavy (non-hydrogen) atoms. The summed E-state index contributed by atoms with van der Waals surface area (Å²) in [6, 6.07) is 5.89. The molecule has 0 bridgehead atoms. The van der Waals surface area contributed by atoms with Crippen molar-refractivity contribution in [1.82, 2.24) is 19.3 Å². The van der Waals surface area contributed by atoms with Crippen molar-refractivity contribution < 1.29 is 4.74 Å². The molecule has 3 rings (SSSR count). The third-order valence-corrected chi connectivity index (χ3v) is 3.71. The number of methoxy groups -OCH3 is 1. The fourth-order valence-corrected chi connectivity index (χ4v) is 2.63. The van der Waals surface area contributed by atoms with Crippen LogP contribution in [0.4, 0.5) is 0 Å². The van der Waals surface area contributed by atoms with E-state index in [2.05, 4.69) is 14.6 Å². The quantitative estimate of drug-likeness (QED) is 0.681. The molecule has 0 fully saturated rings. The number of rotatable bonds is 5. The van der Waals surface area contributed by atoms with Gasteiger partial charge in [0.15, 0.2) is 0 Å². The van der Waals surface area contributed by atoms with E-state index in [4.69, 9.17) is 16.3 Å². The van der Waals surface area contributed by atoms with Crippen LogP contribution in [0.15, 0.2) is 30.6 Å². The highest BCUT2D eigenvalue weighted by molar-refractivity contribution is 6.16. The Labute approximate surface area is 128 Å². The summed E-state index contributed by atoms with van der Waals surface area (Å²) in [6.45, 7) is 3.60. The SMILES string of the molecule is COc1ccc2c(c1)nc(CCl)n2CCn1cc(C)cn1. The number of nitrogens with zero attached hydrogens (tertiary/aromatic N) is 4. The monoisotopic (exact) mass is 304 g/mol. The summed E-state index contributed by atoms with van der Waals surface area (Å²) in [5.74, 6) is 2.05. The summed E-state index contributed by atoms with van der Waals surface area (Å²) in [6.07, 6.45) is 3.89. The predicted octanol–water partition coefficient (Wildman–Crippen LogP) is 2.99. The summed E-state index contributed by atoms with van der Waals surface area (Å²) in [5, 5.41) is 4.31. The molecule has 0 atom stereocenters. The molecule has 2 aromatic heterocycles. The minimum absolute atomic E-state index is 0.384. The van der Waals surface area contributed by atoms with Crippen molar-refractivity contribution in [1.29, 1.82) is 0 Å². The van der Waals surface area contributed by atoms with E-state index in [0.717, 1.165) is 41.3 Å². The molecule has 6 heteroatoms. The Morgan fingerprint density at radius 2 is 2.14 bits per heavy atom. The van der Waals surface area contributed by atoms with Gasteiger partial charge in [-0.2, -0.15) is 5.10 Å². The van der Waals surface area contributed by atoms with Crippen LogP contribution in [0.3, 0.4) is 0 Å². The van der Waals surface area contributed by atoms with Gasteiger partial charge in [0, 0.05) is 18.8 Å². The molecule has 0 aliphatic heterocycles. The summed E-state index contributed by atoms with van der Waals surface area (Å²) in [4.78, 5) is 4.58. The maximum Gasteiger partial charge on any atom is 0.124 e. The summed E-state index contributed by atoms with van der Waals surface area (Å²) in [7, 11) is 1.65. The summed E-state index contributed by atoms with van der Waals surface area (Å²) >= 11 is 6.03. The van der Waals surface area contributed by atoms with Crippen LogP contribution in [0, 0.1) is 6.92 Å². The molecule has 0 radical (unpaired) electrons. The minimum Gasteiger partial charge on any atom is -0.497 e. The Kier molecular flexibility index (Phi) is 3.84. The van der Waals surface area contributed by atoms with Crippen molar-refractivity contribution in [2.75, 3.05) is 7.11 Å². The second-order valence-corrected chi connectivity index (χ2v) is 5.22. The lowest BCUT2D eigenvalue weighted by molar-refractivity contribution is 0.415. The fraction of sp³-hybridized carbons (Fsp3) is 0.333. The van der Waals surface area contributed by atoms with Gasteiger partial charge in [-0.1, -0.05) is 0 Å². The number of imidazole rings is 1. The topological polar surface area (TPSA) is 44.9 Å². The second kappa shape index (κ2) is 5.77. The zero-order chi connectivity index (χ0) is 14.8. The molecule has 0 unspecified atom stereocenters. The van der Waals surface area contributed by atoms with Crippen molar-refractivity contribution >= 4 is 22.6 Å². The second-order valence-electron chi connectivity index (χ2n) is 4.95. The van der Waals surface area contributed by atoms with E-state index in [-0.39, 0.29) is 0 Å². The molecule has 2 heterocycles. The molecule has 110 valence electrons. The molecule has 3 aromatic rings. The van der Waals surface area contributed by atoms with Crippen molar-refractivity contribution in [3.63, 3.8) is 0 Å². The largest absolute Gasteiger partial charge is 0.497 e. The van der Waals surface area contributed by atoms with Crippen LogP contribution < -0.4 is 4.74 Å². The number of hydrogen-bond acceptors (Lipinski definition) is 3. The molecule has 0 amide bonds. The fourth-order valence-electron chi connectivity index (χ4n) is 2.43. The number of aryl methyl sites for hydroxylation is 3. The van der Waals surface area contributed by atoms with Gasteiger partial charge in [-0.3, -0.25) is 4.68 Å². The molecule has 0 aliphatic carbocycles. The van der Waals surface area contributed by atoms with Crippen molar-refractivity contribution in [3.05, 3.63) is 42.0 Å². The first kappa shape index (κ1) is 13.9. The lowest BCUT2D eigenvalue weighted by Crippen LogP contribution is -2.10. The smallest absolute Gasteiger partial charge is 0.124 e. The average Bonchev–Trinajstić information content (AvgIpc) is 3.07. The van der Waals surface area contributed by atoms with Crippen LogP contribution in [0.2, 0.25) is 0 Å². The Balaban J connectivity index is 1.92. The molecule has 5 nitrogen and oxygen atoms in total. The van der Waals surface area contributed by atoms with E-state index in [0.29, 0.717) is 5.88 Å². The number of hydrogen-bond donors (Lipinski definition) is 0. The third kappa shape index (κ3) is 2.74. The van der Waals surface area contributed by atoms with Gasteiger partial charge < -0.3 is 9.30 Å². The summed E-state index contributed by atoms with van der Waals surface area (Å²) in [5.41, 5.74) is 3.13. The highest BCUT2D eigenvalue weighted by atomic mass is 35.5. The van der Waals surface area contributed by atoms with Crippen LogP contribution >= 0.6 is 11.6 Å². The van der Waals surface area contributed by atoms with Crippen LogP contribution in [-0.2, 0) is 19.0 Å². The molecule has 1 aromatic carbocycles. The molecule has 0 aliphatic rings. The number of alkyl halides is 1. The number of halogens is 1. The molecular formula is C15H17ClN4O. The van der Waals surface area contributed by atoms with Gasteiger partial charge >= 0.3 is 0 Å². The van der Waals surface area contributed by atoms with E-state index in [1.807, 2.05) is 42.2 Å². The zero-order valence-corrected chi connectivity index (χ0v) is 12.8. The van der Waals surface area contributed by atoms with Crippen LogP contribution in [0.5, 0.6) is 5.75 Å². The van der Waals surface area contributed by atoms with E-state index in [1.165, 1.54) is 0 Å². The van der Waals surface area contributed by atoms with Crippen molar-refractivity contribution in [2.24, 2.45) is 0 Å². The van der Waals surface area contributed by atoms with Crippen molar-refractivity contribution in [2.45, 2.75) is 25.9 Å². The average molecular weight is 305 g/mol. The van der Waals surface area contributed by atoms with E-state index in [1.54, 1.807) is 7.11 Å². The molecule has 0 spiro atoms. The zero-order valence-electron chi connectivity index (χ0n) is 12.1. The maximum absolute atomic E-state index is 6.03. The Hall–Kier alpha value is -2.01. The van der Waals surface area contributed by atoms with Gasteiger partial charge in [0.25, 0.3) is 0 Å². The molecule has 0 N–H and O–H groups in total. The van der Waals surface area contributed by atoms with Gasteiger partial charge in [0.2, 0.25) is 0 Å². The van der Waals surface area contributed by atoms with E-state index >= 15 is 0 Å². The Morgan fingerprint density at radius 3 is 2.81 bits per heavy atom. The first-order valence-electron chi connectivity index (χ1n) is 6.79. The lowest BCUT2D eigenvalue weighted by Gasteiger charge is -2.08. The van der Waals surface area contributed by atoms with Crippen LogP contribution in [-0.4, -0.2) is 26.4 Å².